The molecule has 0 spiro atoms. The Morgan fingerprint density at radius 2 is 1.96 bits per heavy atom. The summed E-state index contributed by atoms with van der Waals surface area (Å²) < 4.78 is 41.4. The van der Waals surface area contributed by atoms with Crippen LogP contribution in [0.4, 0.5) is 13.2 Å². The van der Waals surface area contributed by atoms with E-state index in [0.717, 1.165) is 0 Å². The molecule has 23 heavy (non-hydrogen) atoms. The van der Waals surface area contributed by atoms with Crippen LogP contribution < -0.4 is 4.74 Å². The van der Waals surface area contributed by atoms with Crippen molar-refractivity contribution in [1.82, 2.24) is 9.88 Å². The number of amides is 1. The smallest absolute Gasteiger partial charge is 0.405 e. The zero-order valence-electron chi connectivity index (χ0n) is 12.0. The van der Waals surface area contributed by atoms with Crippen molar-refractivity contribution in [2.75, 3.05) is 6.54 Å². The van der Waals surface area contributed by atoms with E-state index in [1.54, 1.807) is 24.4 Å². The van der Waals surface area contributed by atoms with Crippen LogP contribution in [0.3, 0.4) is 0 Å². The number of rotatable bonds is 3. The number of benzene rings is 1. The molecule has 2 aromatic rings. The van der Waals surface area contributed by atoms with E-state index in [9.17, 15) is 18.0 Å². The Morgan fingerprint density at radius 1 is 1.17 bits per heavy atom. The number of halogens is 3. The summed E-state index contributed by atoms with van der Waals surface area (Å²) in [7, 11) is 0. The van der Waals surface area contributed by atoms with Gasteiger partial charge in [-0.25, -0.2) is 0 Å². The highest BCUT2D eigenvalue weighted by Gasteiger charge is 2.32. The lowest BCUT2D eigenvalue weighted by Gasteiger charge is -2.28. The van der Waals surface area contributed by atoms with Gasteiger partial charge in [0.2, 0.25) is 0 Å². The van der Waals surface area contributed by atoms with Crippen molar-refractivity contribution >= 4 is 5.91 Å². The van der Waals surface area contributed by atoms with Crippen LogP contribution in [0, 0.1) is 0 Å². The summed E-state index contributed by atoms with van der Waals surface area (Å²) in [5.41, 5.74) is 1.52. The van der Waals surface area contributed by atoms with Crippen molar-refractivity contribution in [2.24, 2.45) is 0 Å². The molecule has 0 aliphatic carbocycles. The van der Waals surface area contributed by atoms with E-state index in [2.05, 4.69) is 9.72 Å². The van der Waals surface area contributed by atoms with Gasteiger partial charge in [-0.1, -0.05) is 18.2 Å². The van der Waals surface area contributed by atoms with E-state index >= 15 is 0 Å². The fourth-order valence-corrected chi connectivity index (χ4v) is 2.56. The number of hydrogen-bond acceptors (Lipinski definition) is 3. The second-order valence-electron chi connectivity index (χ2n) is 5.13. The average molecular weight is 322 g/mol. The third-order valence-electron chi connectivity index (χ3n) is 3.59. The van der Waals surface area contributed by atoms with Crippen LogP contribution in [-0.4, -0.2) is 28.7 Å². The topological polar surface area (TPSA) is 42.4 Å². The largest absolute Gasteiger partial charge is 0.573 e. The Bertz CT molecular complexity index is 731. The third kappa shape index (κ3) is 3.44. The molecule has 1 aliphatic heterocycles. The maximum Gasteiger partial charge on any atom is 0.573 e. The number of aromatic nitrogens is 1. The number of ether oxygens (including phenoxy) is 1. The number of nitrogens with zero attached hydrogens (tertiary/aromatic N) is 2. The van der Waals surface area contributed by atoms with Crippen LogP contribution in [0.1, 0.15) is 21.6 Å². The first-order chi connectivity index (χ1) is 10.9. The predicted molar refractivity (Wildman–Crippen MR) is 75.8 cm³/mol. The molecule has 0 N–H and O–H groups in total. The van der Waals surface area contributed by atoms with E-state index in [1.807, 2.05) is 0 Å². The van der Waals surface area contributed by atoms with Crippen LogP contribution >= 0.6 is 0 Å². The van der Waals surface area contributed by atoms with Crippen molar-refractivity contribution in [3.05, 3.63) is 59.4 Å². The number of pyridine rings is 1. The van der Waals surface area contributed by atoms with Crippen molar-refractivity contribution in [3.63, 3.8) is 0 Å². The van der Waals surface area contributed by atoms with E-state index < -0.39 is 6.36 Å². The standard InChI is InChI=1S/C16H13F3N2O2/c17-16(18,19)23-14-6-2-1-4-11(14)10-21-9-7-13-12(15(21)22)5-3-8-20-13/h1-6,8H,7,9-10H2. The van der Waals surface area contributed by atoms with Crippen molar-refractivity contribution < 1.29 is 22.7 Å². The molecule has 2 heterocycles. The van der Waals surface area contributed by atoms with Gasteiger partial charge in [0.25, 0.3) is 5.91 Å². The predicted octanol–water partition coefficient (Wildman–Crippen LogP) is 3.18. The molecule has 0 saturated carbocycles. The fourth-order valence-electron chi connectivity index (χ4n) is 2.56. The van der Waals surface area contributed by atoms with Gasteiger partial charge in [-0.2, -0.15) is 0 Å². The maximum absolute atomic E-state index is 12.5. The minimum atomic E-state index is -4.77. The molecule has 0 unspecified atom stereocenters. The number of hydrogen-bond donors (Lipinski definition) is 0. The first-order valence-electron chi connectivity index (χ1n) is 7.01. The van der Waals surface area contributed by atoms with Gasteiger partial charge >= 0.3 is 6.36 Å². The number of para-hydroxylation sites is 1. The van der Waals surface area contributed by atoms with E-state index in [-0.39, 0.29) is 18.2 Å². The Hall–Kier alpha value is -2.57. The molecule has 0 saturated heterocycles. The summed E-state index contributed by atoms with van der Waals surface area (Å²) >= 11 is 0. The lowest BCUT2D eigenvalue weighted by atomic mass is 10.0. The number of alkyl halides is 3. The molecular weight excluding hydrogens is 309 g/mol. The summed E-state index contributed by atoms with van der Waals surface area (Å²) in [6, 6.07) is 9.18. The summed E-state index contributed by atoms with van der Waals surface area (Å²) in [5, 5.41) is 0. The molecule has 120 valence electrons. The first-order valence-corrected chi connectivity index (χ1v) is 7.01. The van der Waals surface area contributed by atoms with Gasteiger partial charge in [-0.15, -0.1) is 13.2 Å². The Balaban J connectivity index is 1.82. The van der Waals surface area contributed by atoms with Crippen LogP contribution in [-0.2, 0) is 13.0 Å². The fraction of sp³-hybridized carbons (Fsp3) is 0.250. The SMILES string of the molecule is O=C1c2cccnc2CCN1Cc1ccccc1OC(F)(F)F. The number of carbonyl (C=O) groups excluding carboxylic acids is 1. The normalized spacial score (nSPS) is 14.6. The van der Waals surface area contributed by atoms with Crippen molar-refractivity contribution in [2.45, 2.75) is 19.3 Å². The lowest BCUT2D eigenvalue weighted by Crippen LogP contribution is -2.37. The van der Waals surface area contributed by atoms with Gasteiger partial charge in [-0.3, -0.25) is 9.78 Å². The number of carbonyl (C=O) groups is 1. The molecule has 0 radical (unpaired) electrons. The number of fused-ring (bicyclic) bond motifs is 1. The molecule has 0 bridgehead atoms. The minimum Gasteiger partial charge on any atom is -0.405 e. The van der Waals surface area contributed by atoms with E-state index in [4.69, 9.17) is 0 Å². The van der Waals surface area contributed by atoms with Crippen molar-refractivity contribution in [1.29, 1.82) is 0 Å². The molecular formula is C16H13F3N2O2. The molecule has 1 aliphatic rings. The quantitative estimate of drug-likeness (QED) is 0.872. The molecule has 0 atom stereocenters. The van der Waals surface area contributed by atoms with Crippen LogP contribution in [0.25, 0.3) is 0 Å². The second kappa shape index (κ2) is 5.91. The third-order valence-corrected chi connectivity index (χ3v) is 3.59. The van der Waals surface area contributed by atoms with Gasteiger partial charge < -0.3 is 9.64 Å². The highest BCUT2D eigenvalue weighted by Crippen LogP contribution is 2.28. The Labute approximate surface area is 130 Å². The molecule has 1 aromatic heterocycles. The van der Waals surface area contributed by atoms with Crippen LogP contribution in [0.15, 0.2) is 42.6 Å². The monoisotopic (exact) mass is 322 g/mol. The Morgan fingerprint density at radius 3 is 2.74 bits per heavy atom. The van der Waals surface area contributed by atoms with Gasteiger partial charge in [0, 0.05) is 31.3 Å². The van der Waals surface area contributed by atoms with Crippen LogP contribution in [0.2, 0.25) is 0 Å². The summed E-state index contributed by atoms with van der Waals surface area (Å²) in [6.07, 6.45) is -2.57. The van der Waals surface area contributed by atoms with E-state index in [0.29, 0.717) is 29.8 Å². The summed E-state index contributed by atoms with van der Waals surface area (Å²) in [4.78, 5) is 18.1. The molecule has 4 nitrogen and oxygen atoms in total. The summed E-state index contributed by atoms with van der Waals surface area (Å²) in [5.74, 6) is -0.522. The zero-order chi connectivity index (χ0) is 16.4. The summed E-state index contributed by atoms with van der Waals surface area (Å²) in [6.45, 7) is 0.461. The van der Waals surface area contributed by atoms with Gasteiger partial charge in [0.05, 0.1) is 11.3 Å². The molecule has 3 rings (SSSR count). The molecule has 1 aromatic carbocycles. The lowest BCUT2D eigenvalue weighted by molar-refractivity contribution is -0.275. The second-order valence-corrected chi connectivity index (χ2v) is 5.13. The van der Waals surface area contributed by atoms with Gasteiger partial charge in [0.1, 0.15) is 5.75 Å². The van der Waals surface area contributed by atoms with Gasteiger partial charge in [0.15, 0.2) is 0 Å². The zero-order valence-corrected chi connectivity index (χ0v) is 12.0. The maximum atomic E-state index is 12.5. The molecule has 0 fully saturated rings. The van der Waals surface area contributed by atoms with E-state index in [1.165, 1.54) is 23.1 Å². The molecule has 1 amide bonds. The van der Waals surface area contributed by atoms with Crippen LogP contribution in [0.5, 0.6) is 5.75 Å². The average Bonchev–Trinajstić information content (AvgIpc) is 2.51. The van der Waals surface area contributed by atoms with Crippen molar-refractivity contribution in [3.8, 4) is 5.75 Å². The molecule has 7 heteroatoms. The Kier molecular flexibility index (Phi) is 3.94. The first kappa shape index (κ1) is 15.3. The highest BCUT2D eigenvalue weighted by atomic mass is 19.4. The minimum absolute atomic E-state index is 0.0550. The highest BCUT2D eigenvalue weighted by molar-refractivity contribution is 5.96. The van der Waals surface area contributed by atoms with Gasteiger partial charge in [-0.05, 0) is 18.2 Å².